The number of aryl methyl sites for hydroxylation is 1. The number of ether oxygens (including phenoxy) is 1. The van der Waals surface area contributed by atoms with Crippen LogP contribution in [0, 0.1) is 13.8 Å². The molecule has 0 radical (unpaired) electrons. The van der Waals surface area contributed by atoms with E-state index in [0.29, 0.717) is 10.0 Å². The molecule has 1 N–H and O–H groups in total. The molecule has 0 unspecified atom stereocenters. The molecule has 8 heteroatoms. The molecule has 2 fully saturated rings. The first-order valence-corrected chi connectivity index (χ1v) is 12.3. The van der Waals surface area contributed by atoms with E-state index >= 15 is 0 Å². The van der Waals surface area contributed by atoms with Gasteiger partial charge in [-0.15, -0.1) is 0 Å². The first-order valence-electron chi connectivity index (χ1n) is 11.2. The van der Waals surface area contributed by atoms with E-state index in [4.69, 9.17) is 40.2 Å². The molecular weight excluding hydrogens is 475 g/mol. The summed E-state index contributed by atoms with van der Waals surface area (Å²) in [6.07, 6.45) is 4.15. The summed E-state index contributed by atoms with van der Waals surface area (Å²) in [6.45, 7) is 5.78. The van der Waals surface area contributed by atoms with E-state index in [0.717, 1.165) is 53.9 Å². The van der Waals surface area contributed by atoms with Crippen molar-refractivity contribution in [2.24, 2.45) is 0 Å². The van der Waals surface area contributed by atoms with Crippen molar-refractivity contribution in [1.82, 2.24) is 19.8 Å². The maximum atomic E-state index is 6.61. The van der Waals surface area contributed by atoms with Crippen LogP contribution in [0.15, 0.2) is 48.7 Å². The molecule has 2 aliphatic rings. The summed E-state index contributed by atoms with van der Waals surface area (Å²) < 4.78 is 8.14. The summed E-state index contributed by atoms with van der Waals surface area (Å²) in [5, 5.41) is 5.36. The number of nitrogens with zero attached hydrogens (tertiary/aromatic N) is 3. The molecule has 3 atom stereocenters. The number of aromatic nitrogens is 2. The van der Waals surface area contributed by atoms with Gasteiger partial charge in [0.15, 0.2) is 5.11 Å². The number of hydrogen-bond donors (Lipinski definition) is 1. The van der Waals surface area contributed by atoms with Crippen molar-refractivity contribution < 1.29 is 4.74 Å². The summed E-state index contributed by atoms with van der Waals surface area (Å²) in [5.41, 5.74) is 5.21. The highest BCUT2D eigenvalue weighted by atomic mass is 35.5. The van der Waals surface area contributed by atoms with Crippen LogP contribution >= 0.6 is 35.4 Å². The van der Waals surface area contributed by atoms with Gasteiger partial charge in [0, 0.05) is 30.7 Å². The molecule has 33 heavy (non-hydrogen) atoms. The molecule has 5 rings (SSSR count). The normalized spacial score (nSPS) is 22.7. The Morgan fingerprint density at radius 1 is 1.18 bits per heavy atom. The van der Waals surface area contributed by atoms with Gasteiger partial charge in [-0.05, 0) is 74.8 Å². The lowest BCUT2D eigenvalue weighted by Gasteiger charge is -2.30. The predicted octanol–water partition coefficient (Wildman–Crippen LogP) is 5.95. The molecule has 1 aromatic carbocycles. The van der Waals surface area contributed by atoms with Gasteiger partial charge in [0.2, 0.25) is 0 Å². The lowest BCUT2D eigenvalue weighted by molar-refractivity contribution is 0.0842. The number of halogens is 2. The van der Waals surface area contributed by atoms with Crippen LogP contribution in [0.25, 0.3) is 5.69 Å². The Balaban J connectivity index is 1.61. The molecule has 0 aliphatic carbocycles. The molecule has 2 saturated heterocycles. The fourth-order valence-electron chi connectivity index (χ4n) is 5.07. The Bertz CT molecular complexity index is 1180. The summed E-state index contributed by atoms with van der Waals surface area (Å²) in [5.74, 6) is 0. The molecule has 0 spiro atoms. The van der Waals surface area contributed by atoms with Gasteiger partial charge in [-0.25, -0.2) is 0 Å². The van der Waals surface area contributed by atoms with Crippen LogP contribution in [0.2, 0.25) is 10.0 Å². The van der Waals surface area contributed by atoms with E-state index in [1.807, 2.05) is 36.5 Å². The molecule has 0 amide bonds. The third kappa shape index (κ3) is 4.14. The highest BCUT2D eigenvalue weighted by Gasteiger charge is 2.42. The second kappa shape index (κ2) is 9.26. The second-order valence-corrected chi connectivity index (χ2v) is 9.82. The zero-order chi connectivity index (χ0) is 23.1. The van der Waals surface area contributed by atoms with Crippen LogP contribution in [-0.4, -0.2) is 38.8 Å². The van der Waals surface area contributed by atoms with Crippen LogP contribution in [0.1, 0.15) is 47.6 Å². The number of thiocarbonyl (C=S) groups is 1. The maximum absolute atomic E-state index is 6.61. The number of benzene rings is 1. The van der Waals surface area contributed by atoms with Gasteiger partial charge < -0.3 is 19.5 Å². The van der Waals surface area contributed by atoms with Crippen molar-refractivity contribution in [3.63, 3.8) is 0 Å². The fraction of sp³-hybridized carbons (Fsp3) is 0.360. The van der Waals surface area contributed by atoms with Gasteiger partial charge in [-0.2, -0.15) is 0 Å². The monoisotopic (exact) mass is 500 g/mol. The van der Waals surface area contributed by atoms with Gasteiger partial charge in [0.05, 0.1) is 39.6 Å². The van der Waals surface area contributed by atoms with Crippen molar-refractivity contribution in [3.05, 3.63) is 81.4 Å². The average molecular weight is 501 g/mol. The van der Waals surface area contributed by atoms with Crippen LogP contribution in [0.3, 0.4) is 0 Å². The molecular formula is C25H26Cl2N4OS. The van der Waals surface area contributed by atoms with Crippen molar-refractivity contribution in [1.29, 1.82) is 0 Å². The van der Waals surface area contributed by atoms with E-state index in [9.17, 15) is 0 Å². The third-order valence-electron chi connectivity index (χ3n) is 6.58. The van der Waals surface area contributed by atoms with Crippen LogP contribution in [0.4, 0.5) is 0 Å². The highest BCUT2D eigenvalue weighted by Crippen LogP contribution is 2.42. The number of hydrogen-bond acceptors (Lipinski definition) is 3. The molecule has 2 aromatic heterocycles. The summed E-state index contributed by atoms with van der Waals surface area (Å²) in [7, 11) is 0. The lowest BCUT2D eigenvalue weighted by atomic mass is 9.96. The third-order valence-corrected chi connectivity index (χ3v) is 7.74. The van der Waals surface area contributed by atoms with Crippen molar-refractivity contribution >= 4 is 40.5 Å². The molecule has 0 saturated carbocycles. The largest absolute Gasteiger partial charge is 0.376 e. The minimum absolute atomic E-state index is 0.0190. The van der Waals surface area contributed by atoms with E-state index in [1.165, 1.54) is 5.56 Å². The number of nitrogens with one attached hydrogen (secondary N) is 1. The fourth-order valence-corrected chi connectivity index (χ4v) is 5.77. The Kier molecular flexibility index (Phi) is 6.36. The van der Waals surface area contributed by atoms with Crippen molar-refractivity contribution in [2.75, 3.05) is 13.2 Å². The predicted molar refractivity (Wildman–Crippen MR) is 136 cm³/mol. The van der Waals surface area contributed by atoms with Gasteiger partial charge in [0.1, 0.15) is 0 Å². The van der Waals surface area contributed by atoms with Gasteiger partial charge in [-0.3, -0.25) is 4.98 Å². The van der Waals surface area contributed by atoms with Gasteiger partial charge in [0.25, 0.3) is 0 Å². The van der Waals surface area contributed by atoms with E-state index in [2.05, 4.69) is 45.7 Å². The topological polar surface area (TPSA) is 42.3 Å². The summed E-state index contributed by atoms with van der Waals surface area (Å²) in [4.78, 5) is 6.93. The lowest BCUT2D eigenvalue weighted by Crippen LogP contribution is -2.36. The minimum atomic E-state index is -0.0658. The molecule has 172 valence electrons. The smallest absolute Gasteiger partial charge is 0.170 e. The molecule has 2 aliphatic heterocycles. The summed E-state index contributed by atoms with van der Waals surface area (Å²) >= 11 is 18.8. The molecule has 0 bridgehead atoms. The number of rotatable bonds is 5. The first-order chi connectivity index (χ1) is 16.0. The van der Waals surface area contributed by atoms with Crippen molar-refractivity contribution in [3.8, 4) is 5.69 Å². The average Bonchev–Trinajstić information content (AvgIpc) is 3.51. The first kappa shape index (κ1) is 22.7. The van der Waals surface area contributed by atoms with Crippen LogP contribution in [-0.2, 0) is 4.74 Å². The highest BCUT2D eigenvalue weighted by molar-refractivity contribution is 7.80. The van der Waals surface area contributed by atoms with Gasteiger partial charge >= 0.3 is 0 Å². The number of pyridine rings is 1. The Morgan fingerprint density at radius 2 is 2.03 bits per heavy atom. The van der Waals surface area contributed by atoms with E-state index in [1.54, 1.807) is 0 Å². The van der Waals surface area contributed by atoms with Gasteiger partial charge in [-0.1, -0.05) is 35.3 Å². The van der Waals surface area contributed by atoms with Crippen LogP contribution in [0.5, 0.6) is 0 Å². The van der Waals surface area contributed by atoms with Crippen molar-refractivity contribution in [2.45, 2.75) is 44.9 Å². The SMILES string of the molecule is Cc1cc([C@@H]2[C@H](c3ccccn3)NC(=S)N2C[C@@H]2CCCO2)c(C)n1-c1cccc(Cl)c1Cl. The molecule has 5 nitrogen and oxygen atoms in total. The Hall–Kier alpha value is -2.12. The summed E-state index contributed by atoms with van der Waals surface area (Å²) in [6, 6.07) is 13.9. The quantitative estimate of drug-likeness (QED) is 0.438. The molecule has 4 heterocycles. The Morgan fingerprint density at radius 3 is 2.76 bits per heavy atom. The zero-order valence-corrected chi connectivity index (χ0v) is 20.9. The molecule has 3 aromatic rings. The van der Waals surface area contributed by atoms with Crippen LogP contribution < -0.4 is 5.32 Å². The van der Waals surface area contributed by atoms with E-state index < -0.39 is 0 Å². The second-order valence-electron chi connectivity index (χ2n) is 8.65. The minimum Gasteiger partial charge on any atom is -0.376 e. The van der Waals surface area contributed by atoms with E-state index in [-0.39, 0.29) is 18.2 Å². The zero-order valence-electron chi connectivity index (χ0n) is 18.6. The maximum Gasteiger partial charge on any atom is 0.170 e. The standard InChI is InChI=1S/C25H26Cl2N4OS/c1-15-13-18(16(2)31(15)21-10-5-8-19(26)22(21)27)24-23(20-9-3-4-11-28-20)29-25(33)30(24)14-17-7-6-12-32-17/h3-5,8-11,13,17,23-24H,6-7,12,14H2,1-2H3,(H,29,33)/t17-,23-,24+/m0/s1. The Labute approximate surface area is 209 Å².